The monoisotopic (exact) mass is 389 g/mol. The summed E-state index contributed by atoms with van der Waals surface area (Å²) in [5, 5.41) is 12.9. The predicted octanol–water partition coefficient (Wildman–Crippen LogP) is 4.15. The van der Waals surface area contributed by atoms with E-state index in [-0.39, 0.29) is 12.0 Å². The molecule has 0 unspecified atom stereocenters. The standard InChI is InChI=1S/C20H31N5O3/c1-13(2)12-24(19(26)28-20(4,5)6)16-11-17(27-15-9-7-8-10-15)23-25-14(3)21-22-18(16)25/h11,13,15H,7-10,12H2,1-6H3. The summed E-state index contributed by atoms with van der Waals surface area (Å²) in [6.07, 6.45) is 4.14. The molecule has 0 atom stereocenters. The van der Waals surface area contributed by atoms with E-state index in [2.05, 4.69) is 29.1 Å². The second-order valence-corrected chi connectivity index (χ2v) is 8.86. The lowest BCUT2D eigenvalue weighted by molar-refractivity contribution is 0.0576. The topological polar surface area (TPSA) is 81.9 Å². The highest BCUT2D eigenvalue weighted by Crippen LogP contribution is 2.29. The van der Waals surface area contributed by atoms with Crippen LogP contribution in [0.25, 0.3) is 5.65 Å². The van der Waals surface area contributed by atoms with E-state index >= 15 is 0 Å². The Labute approximate surface area is 166 Å². The molecule has 1 aliphatic carbocycles. The minimum absolute atomic E-state index is 0.162. The molecule has 154 valence electrons. The third kappa shape index (κ3) is 4.72. The Morgan fingerprint density at radius 3 is 2.57 bits per heavy atom. The van der Waals surface area contributed by atoms with E-state index in [9.17, 15) is 4.79 Å². The van der Waals surface area contributed by atoms with Crippen LogP contribution in [0.15, 0.2) is 6.07 Å². The van der Waals surface area contributed by atoms with Crippen LogP contribution < -0.4 is 9.64 Å². The molecule has 2 aromatic heterocycles. The Bertz CT molecular complexity index is 834. The normalized spacial score (nSPS) is 15.4. The Morgan fingerprint density at radius 1 is 1.29 bits per heavy atom. The van der Waals surface area contributed by atoms with Crippen molar-refractivity contribution >= 4 is 17.4 Å². The summed E-state index contributed by atoms with van der Waals surface area (Å²) >= 11 is 0. The first kappa shape index (κ1) is 20.4. The van der Waals surface area contributed by atoms with E-state index in [1.165, 1.54) is 12.8 Å². The fourth-order valence-corrected chi connectivity index (χ4v) is 3.33. The van der Waals surface area contributed by atoms with Crippen molar-refractivity contribution in [2.45, 2.75) is 78.9 Å². The van der Waals surface area contributed by atoms with Gasteiger partial charge in [-0.3, -0.25) is 4.90 Å². The average molecular weight is 390 g/mol. The van der Waals surface area contributed by atoms with Gasteiger partial charge in [0.1, 0.15) is 11.7 Å². The molecule has 0 spiro atoms. The molecule has 3 rings (SSSR count). The first-order valence-corrected chi connectivity index (χ1v) is 10.0. The van der Waals surface area contributed by atoms with E-state index in [0.29, 0.717) is 29.6 Å². The van der Waals surface area contributed by atoms with Crippen LogP contribution in [0.1, 0.15) is 66.1 Å². The molecule has 1 fully saturated rings. The molecule has 0 bridgehead atoms. The molecule has 28 heavy (non-hydrogen) atoms. The maximum Gasteiger partial charge on any atom is 0.414 e. The summed E-state index contributed by atoms with van der Waals surface area (Å²) in [6.45, 7) is 12.0. The smallest absolute Gasteiger partial charge is 0.414 e. The SMILES string of the molecule is Cc1nnc2c(N(CC(C)C)C(=O)OC(C)(C)C)cc(OC3CCCC3)nn12. The highest BCUT2D eigenvalue weighted by Gasteiger charge is 2.28. The van der Waals surface area contributed by atoms with Gasteiger partial charge in [0, 0.05) is 12.6 Å². The molecule has 8 heteroatoms. The molecule has 8 nitrogen and oxygen atoms in total. The summed E-state index contributed by atoms with van der Waals surface area (Å²) in [7, 11) is 0. The van der Waals surface area contributed by atoms with Gasteiger partial charge in [-0.1, -0.05) is 13.8 Å². The lowest BCUT2D eigenvalue weighted by atomic mass is 10.2. The zero-order valence-electron chi connectivity index (χ0n) is 17.7. The van der Waals surface area contributed by atoms with Crippen LogP contribution in [0.5, 0.6) is 5.88 Å². The number of fused-ring (bicyclic) bond motifs is 1. The van der Waals surface area contributed by atoms with E-state index < -0.39 is 11.7 Å². The lowest BCUT2D eigenvalue weighted by Gasteiger charge is -2.28. The van der Waals surface area contributed by atoms with Crippen LogP contribution in [0, 0.1) is 12.8 Å². The fraction of sp³-hybridized carbons (Fsp3) is 0.700. The van der Waals surface area contributed by atoms with Crippen molar-refractivity contribution < 1.29 is 14.3 Å². The average Bonchev–Trinajstić information content (AvgIpc) is 3.21. The number of aryl methyl sites for hydroxylation is 1. The predicted molar refractivity (Wildman–Crippen MR) is 107 cm³/mol. The van der Waals surface area contributed by atoms with Gasteiger partial charge in [-0.25, -0.2) is 4.79 Å². The maximum absolute atomic E-state index is 13.0. The number of carbonyl (C=O) groups excluding carboxylic acids is 1. The quantitative estimate of drug-likeness (QED) is 0.764. The van der Waals surface area contributed by atoms with Gasteiger partial charge in [-0.05, 0) is 59.3 Å². The number of anilines is 1. The van der Waals surface area contributed by atoms with Crippen LogP contribution in [0.2, 0.25) is 0 Å². The molecule has 0 N–H and O–H groups in total. The van der Waals surface area contributed by atoms with E-state index in [1.54, 1.807) is 15.5 Å². The summed E-state index contributed by atoms with van der Waals surface area (Å²) < 4.78 is 13.4. The van der Waals surface area contributed by atoms with Gasteiger partial charge in [0.2, 0.25) is 11.5 Å². The number of hydrogen-bond acceptors (Lipinski definition) is 6. The molecule has 0 radical (unpaired) electrons. The number of carbonyl (C=O) groups is 1. The summed E-state index contributed by atoms with van der Waals surface area (Å²) in [4.78, 5) is 14.6. The minimum atomic E-state index is -0.595. The first-order valence-electron chi connectivity index (χ1n) is 10.0. The van der Waals surface area contributed by atoms with Crippen molar-refractivity contribution in [3.8, 4) is 5.88 Å². The summed E-state index contributed by atoms with van der Waals surface area (Å²) in [5.41, 5.74) is 0.525. The van der Waals surface area contributed by atoms with E-state index in [1.807, 2.05) is 27.7 Å². The Hall–Kier alpha value is -2.38. The highest BCUT2D eigenvalue weighted by atomic mass is 16.6. The fourth-order valence-electron chi connectivity index (χ4n) is 3.33. The number of hydrogen-bond donors (Lipinski definition) is 0. The van der Waals surface area contributed by atoms with Crippen molar-refractivity contribution in [2.75, 3.05) is 11.4 Å². The Balaban J connectivity index is 2.03. The van der Waals surface area contributed by atoms with Crippen LogP contribution >= 0.6 is 0 Å². The van der Waals surface area contributed by atoms with Gasteiger partial charge in [-0.15, -0.1) is 15.3 Å². The lowest BCUT2D eigenvalue weighted by Crippen LogP contribution is -2.39. The molecule has 0 saturated heterocycles. The van der Waals surface area contributed by atoms with Gasteiger partial charge >= 0.3 is 6.09 Å². The Morgan fingerprint density at radius 2 is 1.96 bits per heavy atom. The Kier molecular flexibility index (Phi) is 5.76. The molecule has 2 aromatic rings. The van der Waals surface area contributed by atoms with Crippen molar-refractivity contribution in [1.82, 2.24) is 19.8 Å². The van der Waals surface area contributed by atoms with Gasteiger partial charge in [0.05, 0.1) is 5.69 Å². The van der Waals surface area contributed by atoms with Crippen molar-refractivity contribution in [3.63, 3.8) is 0 Å². The number of rotatable bonds is 5. The molecule has 1 amide bonds. The zero-order valence-corrected chi connectivity index (χ0v) is 17.7. The maximum atomic E-state index is 13.0. The minimum Gasteiger partial charge on any atom is -0.473 e. The second kappa shape index (κ2) is 7.93. The summed E-state index contributed by atoms with van der Waals surface area (Å²) in [6, 6.07) is 1.79. The third-order valence-corrected chi connectivity index (χ3v) is 4.53. The molecular formula is C20H31N5O3. The zero-order chi connectivity index (χ0) is 20.5. The molecule has 2 heterocycles. The number of aromatic nitrogens is 4. The largest absolute Gasteiger partial charge is 0.473 e. The molecule has 0 aliphatic heterocycles. The number of ether oxygens (including phenoxy) is 2. The van der Waals surface area contributed by atoms with Gasteiger partial charge in [-0.2, -0.15) is 4.52 Å². The third-order valence-electron chi connectivity index (χ3n) is 4.53. The van der Waals surface area contributed by atoms with Crippen LogP contribution in [0.4, 0.5) is 10.5 Å². The van der Waals surface area contributed by atoms with Gasteiger partial charge in [0.25, 0.3) is 0 Å². The second-order valence-electron chi connectivity index (χ2n) is 8.86. The van der Waals surface area contributed by atoms with Crippen molar-refractivity contribution in [1.29, 1.82) is 0 Å². The van der Waals surface area contributed by atoms with Crippen LogP contribution in [-0.4, -0.2) is 44.2 Å². The molecule has 1 saturated carbocycles. The van der Waals surface area contributed by atoms with Crippen LogP contribution in [0.3, 0.4) is 0 Å². The highest BCUT2D eigenvalue weighted by molar-refractivity contribution is 5.92. The van der Waals surface area contributed by atoms with Crippen LogP contribution in [-0.2, 0) is 4.74 Å². The molecule has 0 aromatic carbocycles. The first-order chi connectivity index (χ1) is 13.1. The van der Waals surface area contributed by atoms with Gasteiger partial charge in [0.15, 0.2) is 5.82 Å². The van der Waals surface area contributed by atoms with Crippen molar-refractivity contribution in [2.24, 2.45) is 5.92 Å². The van der Waals surface area contributed by atoms with E-state index in [0.717, 1.165) is 12.8 Å². The van der Waals surface area contributed by atoms with E-state index in [4.69, 9.17) is 9.47 Å². The van der Waals surface area contributed by atoms with Gasteiger partial charge < -0.3 is 9.47 Å². The number of amides is 1. The molecule has 1 aliphatic rings. The van der Waals surface area contributed by atoms with Crippen molar-refractivity contribution in [3.05, 3.63) is 11.9 Å². The molecular weight excluding hydrogens is 358 g/mol. The summed E-state index contributed by atoms with van der Waals surface area (Å²) in [5.74, 6) is 1.36. The number of nitrogens with zero attached hydrogens (tertiary/aromatic N) is 5.